The van der Waals surface area contributed by atoms with Gasteiger partial charge in [-0.15, -0.1) is 0 Å². The molecule has 0 aromatic heterocycles. The molecule has 1 aromatic carbocycles. The van der Waals surface area contributed by atoms with Crippen LogP contribution in [0.2, 0.25) is 0 Å². The number of rotatable bonds is 10. The van der Waals surface area contributed by atoms with Crippen molar-refractivity contribution in [2.24, 2.45) is 0 Å². The second-order valence-corrected chi connectivity index (χ2v) is 7.22. The monoisotopic (exact) mass is 378 g/mol. The quantitative estimate of drug-likeness (QED) is 0.278. The Morgan fingerprint density at radius 3 is 2.35 bits per heavy atom. The van der Waals surface area contributed by atoms with Crippen molar-refractivity contribution in [1.82, 2.24) is 0 Å². The van der Waals surface area contributed by atoms with Crippen LogP contribution in [-0.4, -0.2) is 53.0 Å². The summed E-state index contributed by atoms with van der Waals surface area (Å²) in [6.45, 7) is 1.35. The standard InChI is InChI=1S/C16H20B2O7S/c1-11-7-12(9-17)8-13(10-18)16(11)25-15(20)4-2-3-14(19)24-5-6-26(21,22)23/h7-8H,2-6,9-10H2,1H3,(H,21,22,23). The van der Waals surface area contributed by atoms with Crippen molar-refractivity contribution in [1.29, 1.82) is 0 Å². The van der Waals surface area contributed by atoms with E-state index in [1.807, 2.05) is 6.07 Å². The molecule has 1 aromatic rings. The van der Waals surface area contributed by atoms with Gasteiger partial charge in [0, 0.05) is 12.8 Å². The predicted octanol–water partition coefficient (Wildman–Crippen LogP) is 0.839. The first-order valence-electron chi connectivity index (χ1n) is 8.00. The van der Waals surface area contributed by atoms with Crippen LogP contribution >= 0.6 is 0 Å². The van der Waals surface area contributed by atoms with Gasteiger partial charge in [-0.3, -0.25) is 14.1 Å². The van der Waals surface area contributed by atoms with Gasteiger partial charge in [-0.2, -0.15) is 8.42 Å². The molecule has 0 bridgehead atoms. The number of hydrogen-bond acceptors (Lipinski definition) is 6. The Bertz CT molecular complexity index is 747. The lowest BCUT2D eigenvalue weighted by atomic mass is 9.89. The number of benzene rings is 1. The van der Waals surface area contributed by atoms with E-state index in [-0.39, 0.29) is 25.6 Å². The number of carbonyl (C=O) groups is 2. The molecule has 4 radical (unpaired) electrons. The third kappa shape index (κ3) is 8.05. The van der Waals surface area contributed by atoms with Gasteiger partial charge in [-0.1, -0.05) is 30.3 Å². The lowest BCUT2D eigenvalue weighted by Gasteiger charge is -2.14. The van der Waals surface area contributed by atoms with Crippen molar-refractivity contribution in [2.75, 3.05) is 12.4 Å². The van der Waals surface area contributed by atoms with Crippen LogP contribution in [0.25, 0.3) is 0 Å². The summed E-state index contributed by atoms with van der Waals surface area (Å²) in [5.41, 5.74) is 2.30. The fourth-order valence-electron chi connectivity index (χ4n) is 2.22. The van der Waals surface area contributed by atoms with E-state index in [2.05, 4.69) is 4.74 Å². The maximum atomic E-state index is 12.0. The molecule has 0 aliphatic heterocycles. The summed E-state index contributed by atoms with van der Waals surface area (Å²) < 4.78 is 39.5. The molecular weight excluding hydrogens is 358 g/mol. The summed E-state index contributed by atoms with van der Waals surface area (Å²) in [5, 5.41) is 0. The molecule has 0 atom stereocenters. The van der Waals surface area contributed by atoms with Crippen LogP contribution in [0.15, 0.2) is 12.1 Å². The highest BCUT2D eigenvalue weighted by atomic mass is 32.2. The minimum absolute atomic E-state index is 0.0184. The molecular formula is C16H20B2O7S. The summed E-state index contributed by atoms with van der Waals surface area (Å²) in [4.78, 5) is 23.4. The Morgan fingerprint density at radius 1 is 1.12 bits per heavy atom. The van der Waals surface area contributed by atoms with Crippen LogP contribution in [0.3, 0.4) is 0 Å². The lowest BCUT2D eigenvalue weighted by molar-refractivity contribution is -0.143. The fourth-order valence-corrected chi connectivity index (χ4v) is 2.51. The van der Waals surface area contributed by atoms with Crippen LogP contribution in [0, 0.1) is 6.92 Å². The van der Waals surface area contributed by atoms with Crippen molar-refractivity contribution < 1.29 is 32.0 Å². The maximum absolute atomic E-state index is 12.0. The van der Waals surface area contributed by atoms with Crippen LogP contribution in [0.5, 0.6) is 5.75 Å². The molecule has 0 heterocycles. The Labute approximate surface area is 156 Å². The Kier molecular flexibility index (Phi) is 8.87. The van der Waals surface area contributed by atoms with Crippen molar-refractivity contribution in [3.63, 3.8) is 0 Å². The highest BCUT2D eigenvalue weighted by Gasteiger charge is 2.14. The normalized spacial score (nSPS) is 11.2. The molecule has 0 spiro atoms. The van der Waals surface area contributed by atoms with E-state index < -0.39 is 34.4 Å². The molecule has 7 nitrogen and oxygen atoms in total. The molecule has 1 N–H and O–H groups in total. The van der Waals surface area contributed by atoms with Crippen LogP contribution in [0.1, 0.15) is 36.0 Å². The smallest absolute Gasteiger partial charge is 0.311 e. The topological polar surface area (TPSA) is 107 Å². The van der Waals surface area contributed by atoms with Gasteiger partial charge in [0.1, 0.15) is 18.1 Å². The average Bonchev–Trinajstić information content (AvgIpc) is 2.55. The summed E-state index contributed by atoms with van der Waals surface area (Å²) >= 11 is 0. The Morgan fingerprint density at radius 2 is 1.77 bits per heavy atom. The van der Waals surface area contributed by atoms with E-state index in [0.717, 1.165) is 11.1 Å². The zero-order chi connectivity index (χ0) is 19.7. The van der Waals surface area contributed by atoms with E-state index in [1.54, 1.807) is 13.0 Å². The summed E-state index contributed by atoms with van der Waals surface area (Å²) in [7, 11) is 7.11. The number of hydrogen-bond donors (Lipinski definition) is 1. The van der Waals surface area contributed by atoms with Crippen LogP contribution in [-0.2, 0) is 37.1 Å². The van der Waals surface area contributed by atoms with E-state index in [4.69, 9.17) is 25.0 Å². The molecule has 0 aliphatic rings. The van der Waals surface area contributed by atoms with E-state index in [9.17, 15) is 18.0 Å². The first kappa shape index (κ1) is 22.2. The van der Waals surface area contributed by atoms with Crippen molar-refractivity contribution in [2.45, 2.75) is 38.8 Å². The molecule has 0 saturated heterocycles. The number of ether oxygens (including phenoxy) is 2. The first-order valence-corrected chi connectivity index (χ1v) is 9.61. The van der Waals surface area contributed by atoms with Gasteiger partial charge in [-0.05, 0) is 24.5 Å². The maximum Gasteiger partial charge on any atom is 0.311 e. The number of aryl methyl sites for hydroxylation is 1. The minimum Gasteiger partial charge on any atom is -0.464 e. The molecule has 1 rings (SSSR count). The zero-order valence-corrected chi connectivity index (χ0v) is 15.4. The molecule has 0 saturated carbocycles. The van der Waals surface area contributed by atoms with Gasteiger partial charge in [-0.25, -0.2) is 0 Å². The van der Waals surface area contributed by atoms with Gasteiger partial charge in [0.15, 0.2) is 0 Å². The van der Waals surface area contributed by atoms with E-state index in [1.165, 1.54) is 0 Å². The lowest BCUT2D eigenvalue weighted by Crippen LogP contribution is -2.15. The van der Waals surface area contributed by atoms with E-state index >= 15 is 0 Å². The van der Waals surface area contributed by atoms with Crippen LogP contribution in [0.4, 0.5) is 0 Å². The summed E-state index contributed by atoms with van der Waals surface area (Å²) in [6, 6.07) is 3.59. The Balaban J connectivity index is 2.47. The van der Waals surface area contributed by atoms with Gasteiger partial charge < -0.3 is 9.47 Å². The molecule has 0 amide bonds. The Hall–Kier alpha value is -1.80. The number of esters is 2. The molecule has 0 unspecified atom stereocenters. The second-order valence-electron chi connectivity index (χ2n) is 5.64. The molecule has 26 heavy (non-hydrogen) atoms. The largest absolute Gasteiger partial charge is 0.464 e. The third-order valence-corrected chi connectivity index (χ3v) is 4.13. The highest BCUT2D eigenvalue weighted by Crippen LogP contribution is 2.26. The van der Waals surface area contributed by atoms with Crippen LogP contribution < -0.4 is 4.74 Å². The van der Waals surface area contributed by atoms with Crippen molar-refractivity contribution >= 4 is 37.7 Å². The summed E-state index contributed by atoms with van der Waals surface area (Å²) in [6.07, 6.45) is 0.630. The third-order valence-electron chi connectivity index (χ3n) is 3.45. The fraction of sp³-hybridized carbons (Fsp3) is 0.500. The summed E-state index contributed by atoms with van der Waals surface area (Å²) in [5.74, 6) is -1.45. The molecule has 0 aliphatic carbocycles. The molecule has 138 valence electrons. The van der Waals surface area contributed by atoms with Crippen molar-refractivity contribution in [3.8, 4) is 5.75 Å². The molecule has 10 heteroatoms. The van der Waals surface area contributed by atoms with Gasteiger partial charge >= 0.3 is 11.9 Å². The van der Waals surface area contributed by atoms with Gasteiger partial charge in [0.2, 0.25) is 0 Å². The SMILES string of the molecule is [B]Cc1cc(C)c(OC(=O)CCCC(=O)OCCS(=O)(=O)O)c(C[B])c1. The van der Waals surface area contributed by atoms with Gasteiger partial charge in [0.05, 0.1) is 15.7 Å². The molecule has 0 fully saturated rings. The highest BCUT2D eigenvalue weighted by molar-refractivity contribution is 7.85. The van der Waals surface area contributed by atoms with E-state index in [0.29, 0.717) is 17.6 Å². The predicted molar refractivity (Wildman–Crippen MR) is 97.0 cm³/mol. The zero-order valence-electron chi connectivity index (χ0n) is 14.6. The van der Waals surface area contributed by atoms with Crippen molar-refractivity contribution in [3.05, 3.63) is 28.8 Å². The minimum atomic E-state index is -4.17. The average molecular weight is 378 g/mol. The second kappa shape index (κ2) is 10.4. The van der Waals surface area contributed by atoms with Gasteiger partial charge in [0.25, 0.3) is 10.1 Å². The number of carbonyl (C=O) groups excluding carboxylic acids is 2. The first-order chi connectivity index (χ1) is 12.2.